The van der Waals surface area contributed by atoms with E-state index in [1.54, 1.807) is 0 Å². The van der Waals surface area contributed by atoms with Crippen LogP contribution in [0.2, 0.25) is 0 Å². The lowest BCUT2D eigenvalue weighted by Gasteiger charge is -2.16. The van der Waals surface area contributed by atoms with Crippen LogP contribution in [0.4, 0.5) is 0 Å². The van der Waals surface area contributed by atoms with Gasteiger partial charge in [-0.1, -0.05) is 200 Å². The van der Waals surface area contributed by atoms with Gasteiger partial charge in [-0.15, -0.1) is 0 Å². The summed E-state index contributed by atoms with van der Waals surface area (Å²) in [6.07, 6.45) is 0. The van der Waals surface area contributed by atoms with Crippen molar-refractivity contribution in [2.24, 2.45) is 0 Å². The molecule has 316 valence electrons. The average molecular weight is 862 g/mol. The second-order valence-corrected chi connectivity index (χ2v) is 18.4. The molecule has 13 aromatic rings. The van der Waals surface area contributed by atoms with E-state index in [1.807, 2.05) is 0 Å². The van der Waals surface area contributed by atoms with Gasteiger partial charge < -0.3 is 4.57 Å². The molecule has 1 heterocycles. The van der Waals surface area contributed by atoms with Crippen LogP contribution < -0.4 is 0 Å². The van der Waals surface area contributed by atoms with Crippen molar-refractivity contribution in [1.29, 1.82) is 0 Å². The lowest BCUT2D eigenvalue weighted by Crippen LogP contribution is -1.99. The topological polar surface area (TPSA) is 4.93 Å². The zero-order valence-electron chi connectivity index (χ0n) is 37.3. The van der Waals surface area contributed by atoms with E-state index >= 15 is 0 Å². The van der Waals surface area contributed by atoms with Gasteiger partial charge >= 0.3 is 0 Å². The maximum atomic E-state index is 2.43. The van der Waals surface area contributed by atoms with Gasteiger partial charge in [0.2, 0.25) is 0 Å². The van der Waals surface area contributed by atoms with E-state index < -0.39 is 0 Å². The smallest absolute Gasteiger partial charge is 0.0547 e. The normalized spacial score (nSPS) is 13.1. The summed E-state index contributed by atoms with van der Waals surface area (Å²) in [6.45, 7) is 0. The molecule has 0 amide bonds. The largest absolute Gasteiger partial charge is 0.309 e. The zero-order chi connectivity index (χ0) is 44.7. The number of hydrogen-bond acceptors (Lipinski definition) is 0. The summed E-state index contributed by atoms with van der Waals surface area (Å²) in [5.74, 6) is 0.219. The lowest BCUT2D eigenvalue weighted by atomic mass is 9.87. The molecule has 1 unspecified atom stereocenters. The van der Waals surface area contributed by atoms with E-state index in [4.69, 9.17) is 0 Å². The van der Waals surface area contributed by atoms with Crippen molar-refractivity contribution in [3.63, 3.8) is 0 Å². The molecule has 0 N–H and O–H groups in total. The molecule has 1 aromatic heterocycles. The number of rotatable bonds is 6. The molecule has 0 aliphatic heterocycles. The molecular weight excluding hydrogens is 819 g/mol. The minimum atomic E-state index is 0.219. The van der Waals surface area contributed by atoms with Crippen LogP contribution in [0.1, 0.15) is 22.6 Å². The Balaban J connectivity index is 0.832. The molecule has 68 heavy (non-hydrogen) atoms. The average Bonchev–Trinajstić information content (AvgIpc) is 3.93. The van der Waals surface area contributed by atoms with Gasteiger partial charge in [-0.2, -0.15) is 0 Å². The maximum absolute atomic E-state index is 2.43. The highest BCUT2D eigenvalue weighted by molar-refractivity contribution is 6.26. The van der Waals surface area contributed by atoms with Crippen molar-refractivity contribution in [1.82, 2.24) is 4.57 Å². The number of para-hydroxylation sites is 2. The Bertz CT molecular complexity index is 4120. The maximum Gasteiger partial charge on any atom is 0.0547 e. The molecule has 0 spiro atoms. The molecule has 0 bridgehead atoms. The fourth-order valence-electron chi connectivity index (χ4n) is 11.5. The minimum Gasteiger partial charge on any atom is -0.309 e. The third kappa shape index (κ3) is 6.10. The van der Waals surface area contributed by atoms with Gasteiger partial charge in [-0.3, -0.25) is 0 Å². The summed E-state index contributed by atoms with van der Waals surface area (Å²) in [4.78, 5) is 0. The molecular formula is C67H43N. The minimum absolute atomic E-state index is 0.219. The number of benzene rings is 12. The highest BCUT2D eigenvalue weighted by Gasteiger charge is 2.30. The predicted molar refractivity (Wildman–Crippen MR) is 288 cm³/mol. The van der Waals surface area contributed by atoms with Gasteiger partial charge in [0.05, 0.1) is 11.0 Å². The molecule has 0 saturated heterocycles. The third-order valence-electron chi connectivity index (χ3n) is 14.6. The summed E-state index contributed by atoms with van der Waals surface area (Å²) in [7, 11) is 0. The van der Waals surface area contributed by atoms with Crippen LogP contribution in [-0.4, -0.2) is 4.57 Å². The van der Waals surface area contributed by atoms with Crippen molar-refractivity contribution >= 4 is 54.1 Å². The van der Waals surface area contributed by atoms with Crippen LogP contribution in [-0.2, 0) is 0 Å². The molecule has 0 radical (unpaired) electrons. The Labute approximate surface area is 395 Å². The van der Waals surface area contributed by atoms with Crippen molar-refractivity contribution in [2.45, 2.75) is 5.92 Å². The Morgan fingerprint density at radius 1 is 0.235 bits per heavy atom. The lowest BCUT2D eigenvalue weighted by molar-refractivity contribution is 1.02. The highest BCUT2D eigenvalue weighted by atomic mass is 15.0. The summed E-state index contributed by atoms with van der Waals surface area (Å²) in [5.41, 5.74) is 20.1. The first-order chi connectivity index (χ1) is 33.7. The molecule has 12 aromatic carbocycles. The first-order valence-corrected chi connectivity index (χ1v) is 23.7. The van der Waals surface area contributed by atoms with Gasteiger partial charge in [-0.25, -0.2) is 0 Å². The molecule has 14 rings (SSSR count). The second-order valence-electron chi connectivity index (χ2n) is 18.4. The number of fused-ring (bicyclic) bond motifs is 12. The van der Waals surface area contributed by atoms with Gasteiger partial charge in [0.1, 0.15) is 0 Å². The third-order valence-corrected chi connectivity index (χ3v) is 14.6. The van der Waals surface area contributed by atoms with Crippen LogP contribution >= 0.6 is 0 Å². The highest BCUT2D eigenvalue weighted by Crippen LogP contribution is 2.49. The van der Waals surface area contributed by atoms with Crippen LogP contribution in [0.25, 0.3) is 115 Å². The molecule has 1 aliphatic carbocycles. The Kier molecular flexibility index (Phi) is 8.72. The SMILES string of the molecule is c1ccc(C2c3ccccc3-c3ccc(-c4cccc(-c5ccc6c7ccc(-c8cccc(-c9ccc%10c%11ccccc%11n(-c%11ccccc%11)c%10c9)c8)cc7c7ccccc7c6c5)c4)cc32)cc1. The number of aromatic nitrogens is 1. The van der Waals surface area contributed by atoms with E-state index in [2.05, 4.69) is 259 Å². The molecule has 0 fully saturated rings. The van der Waals surface area contributed by atoms with Crippen molar-refractivity contribution < 1.29 is 0 Å². The summed E-state index contributed by atoms with van der Waals surface area (Å²) in [5, 5.41) is 10.1. The quantitative estimate of drug-likeness (QED) is 0.147. The first kappa shape index (κ1) is 38.5. The first-order valence-electron chi connectivity index (χ1n) is 23.7. The van der Waals surface area contributed by atoms with E-state index in [-0.39, 0.29) is 5.92 Å². The molecule has 1 atom stereocenters. The summed E-state index contributed by atoms with van der Waals surface area (Å²) in [6, 6.07) is 94.5. The van der Waals surface area contributed by atoms with Crippen LogP contribution in [0, 0.1) is 0 Å². The van der Waals surface area contributed by atoms with E-state index in [0.717, 1.165) is 0 Å². The Morgan fingerprint density at radius 2 is 0.676 bits per heavy atom. The Morgan fingerprint density at radius 3 is 1.32 bits per heavy atom. The molecule has 1 nitrogen and oxygen atoms in total. The predicted octanol–water partition coefficient (Wildman–Crippen LogP) is 18.1. The van der Waals surface area contributed by atoms with E-state index in [9.17, 15) is 0 Å². The molecule has 1 heteroatoms. The molecule has 0 saturated carbocycles. The van der Waals surface area contributed by atoms with Crippen LogP contribution in [0.3, 0.4) is 0 Å². The van der Waals surface area contributed by atoms with Gasteiger partial charge in [0.25, 0.3) is 0 Å². The summed E-state index contributed by atoms with van der Waals surface area (Å²) >= 11 is 0. The number of hydrogen-bond donors (Lipinski definition) is 0. The van der Waals surface area contributed by atoms with Gasteiger partial charge in [0, 0.05) is 22.4 Å². The van der Waals surface area contributed by atoms with Crippen molar-refractivity contribution in [2.75, 3.05) is 0 Å². The fourth-order valence-corrected chi connectivity index (χ4v) is 11.5. The second kappa shape index (κ2) is 15.4. The summed E-state index contributed by atoms with van der Waals surface area (Å²) < 4.78 is 2.40. The van der Waals surface area contributed by atoms with Gasteiger partial charge in [-0.05, 0) is 159 Å². The van der Waals surface area contributed by atoms with Crippen LogP contribution in [0.15, 0.2) is 255 Å². The van der Waals surface area contributed by atoms with Gasteiger partial charge in [0.15, 0.2) is 0 Å². The van der Waals surface area contributed by atoms with Crippen molar-refractivity contribution in [3.8, 4) is 61.3 Å². The standard InChI is InChI=1S/C67H43N/c1-3-15-43(16-4-1)67-61-27-10-9-23-53(61)58-35-31-50(41-64(58)67)46-19-13-17-44(37-46)48-29-33-56-57-34-30-49(40-63(57)55-25-8-7-24-54(55)62(56)39-48)45-18-14-20-47(38-45)51-32-36-60-59-26-11-12-28-65(59)68(66(60)42-51)52-21-5-2-6-22-52/h1-42,67H. The fraction of sp³-hybridized carbons (Fsp3) is 0.0149. The van der Waals surface area contributed by atoms with Crippen molar-refractivity contribution in [3.05, 3.63) is 271 Å². The molecule has 1 aliphatic rings. The van der Waals surface area contributed by atoms with E-state index in [1.165, 1.54) is 132 Å². The number of nitrogens with zero attached hydrogens (tertiary/aromatic N) is 1. The monoisotopic (exact) mass is 861 g/mol. The zero-order valence-corrected chi connectivity index (χ0v) is 37.3. The van der Waals surface area contributed by atoms with E-state index in [0.29, 0.717) is 0 Å². The van der Waals surface area contributed by atoms with Crippen LogP contribution in [0.5, 0.6) is 0 Å². The Hall–Kier alpha value is -8.78.